The number of hydrogen-bond acceptors (Lipinski definition) is 5. The molecule has 0 aromatic heterocycles. The highest BCUT2D eigenvalue weighted by Gasteiger charge is 2.41. The molecule has 2 aromatic carbocycles. The largest absolute Gasteiger partial charge is 0.592 e. The number of ether oxygens (including phenoxy) is 2. The van der Waals surface area contributed by atoms with E-state index in [-0.39, 0.29) is 0 Å². The van der Waals surface area contributed by atoms with Gasteiger partial charge < -0.3 is 14.0 Å². The lowest BCUT2D eigenvalue weighted by molar-refractivity contribution is -0.139. The first kappa shape index (κ1) is 23.1. The summed E-state index contributed by atoms with van der Waals surface area (Å²) in [5.74, 6) is -0.489. The van der Waals surface area contributed by atoms with Crippen molar-refractivity contribution < 1.29 is 18.8 Å². The summed E-state index contributed by atoms with van der Waals surface area (Å²) >= 11 is -1.48. The quantitative estimate of drug-likeness (QED) is 0.263. The van der Waals surface area contributed by atoms with E-state index in [2.05, 4.69) is 6.58 Å². The van der Waals surface area contributed by atoms with Gasteiger partial charge in [-0.2, -0.15) is 4.31 Å². The van der Waals surface area contributed by atoms with Crippen LogP contribution in [0, 0.1) is 0 Å². The average molecular weight is 440 g/mol. The molecule has 0 fully saturated rings. The van der Waals surface area contributed by atoms with Gasteiger partial charge in [0.25, 0.3) is 0 Å². The van der Waals surface area contributed by atoms with Crippen LogP contribution in [-0.4, -0.2) is 27.9 Å². The average Bonchev–Trinajstić information content (AvgIpc) is 2.77. The Labute approximate surface area is 187 Å². The minimum absolute atomic E-state index is 0.297. The summed E-state index contributed by atoms with van der Waals surface area (Å²) in [6.45, 7) is 10.3. The third-order valence-electron chi connectivity index (χ3n) is 4.85. The maximum atomic E-state index is 13.4. The van der Waals surface area contributed by atoms with Crippen molar-refractivity contribution in [3.63, 3.8) is 0 Å². The predicted molar refractivity (Wildman–Crippen MR) is 126 cm³/mol. The highest BCUT2D eigenvalue weighted by Crippen LogP contribution is 2.31. The van der Waals surface area contributed by atoms with Gasteiger partial charge in [0, 0.05) is 12.0 Å². The molecular weight excluding hydrogens is 410 g/mol. The second-order valence-electron chi connectivity index (χ2n) is 8.29. The zero-order chi connectivity index (χ0) is 22.4. The Balaban J connectivity index is 1.90. The third-order valence-corrected chi connectivity index (χ3v) is 6.72. The van der Waals surface area contributed by atoms with Crippen LogP contribution in [0.3, 0.4) is 0 Å². The molecule has 1 heterocycles. The molecule has 0 saturated heterocycles. The molecule has 0 spiro atoms. The van der Waals surface area contributed by atoms with Gasteiger partial charge in [-0.1, -0.05) is 48.5 Å². The molecule has 3 rings (SSSR count). The van der Waals surface area contributed by atoms with Crippen molar-refractivity contribution in [1.82, 2.24) is 0 Å². The van der Waals surface area contributed by atoms with E-state index in [1.165, 1.54) is 6.26 Å². The molecule has 0 N–H and O–H groups in total. The van der Waals surface area contributed by atoms with Crippen molar-refractivity contribution in [2.24, 2.45) is 0 Å². The molecule has 5 nitrogen and oxygen atoms in total. The van der Waals surface area contributed by atoms with Crippen molar-refractivity contribution in [1.29, 1.82) is 0 Å². The molecule has 1 aliphatic rings. The summed E-state index contributed by atoms with van der Waals surface area (Å²) in [4.78, 5) is 13.2. The Kier molecular flexibility index (Phi) is 7.59. The lowest BCUT2D eigenvalue weighted by Gasteiger charge is -2.37. The van der Waals surface area contributed by atoms with Crippen LogP contribution in [0.4, 0.5) is 5.69 Å². The first-order chi connectivity index (χ1) is 14.8. The van der Waals surface area contributed by atoms with E-state index in [0.717, 1.165) is 16.7 Å². The molecule has 0 amide bonds. The van der Waals surface area contributed by atoms with Crippen molar-refractivity contribution in [3.8, 4) is 0 Å². The summed E-state index contributed by atoms with van der Waals surface area (Å²) < 4.78 is 25.7. The summed E-state index contributed by atoms with van der Waals surface area (Å²) in [5.41, 5.74) is 3.56. The van der Waals surface area contributed by atoms with Gasteiger partial charge in [-0.25, -0.2) is 4.79 Å². The smallest absolute Gasteiger partial charge is 0.338 e. The minimum atomic E-state index is -1.48. The Bertz CT molecular complexity index is 936. The maximum Gasteiger partial charge on any atom is 0.338 e. The van der Waals surface area contributed by atoms with Gasteiger partial charge >= 0.3 is 5.97 Å². The maximum absolute atomic E-state index is 13.4. The monoisotopic (exact) mass is 439 g/mol. The molecule has 0 bridgehead atoms. The van der Waals surface area contributed by atoms with Crippen LogP contribution < -0.4 is 4.31 Å². The predicted octanol–water partition coefficient (Wildman–Crippen LogP) is 5.01. The highest BCUT2D eigenvalue weighted by molar-refractivity contribution is 7.94. The molecule has 6 heteroatoms. The van der Waals surface area contributed by atoms with Gasteiger partial charge in [0.2, 0.25) is 0 Å². The molecule has 1 aliphatic heterocycles. The molecule has 164 valence electrons. The van der Waals surface area contributed by atoms with Crippen molar-refractivity contribution in [3.05, 3.63) is 84.6 Å². The Morgan fingerprint density at radius 2 is 1.87 bits per heavy atom. The Morgan fingerprint density at radius 1 is 1.19 bits per heavy atom. The molecule has 0 aliphatic carbocycles. The van der Waals surface area contributed by atoms with E-state index in [1.807, 2.05) is 75.4 Å². The number of rotatable bonds is 7. The fourth-order valence-electron chi connectivity index (χ4n) is 3.32. The Hall–Kier alpha value is -2.54. The number of anilines is 1. The van der Waals surface area contributed by atoms with Crippen LogP contribution in [0.5, 0.6) is 0 Å². The van der Waals surface area contributed by atoms with E-state index in [9.17, 15) is 9.35 Å². The van der Waals surface area contributed by atoms with Crippen LogP contribution in [0.25, 0.3) is 5.57 Å². The van der Waals surface area contributed by atoms with Crippen LogP contribution in [0.2, 0.25) is 0 Å². The third kappa shape index (κ3) is 5.58. The zero-order valence-electron chi connectivity index (χ0n) is 18.2. The Morgan fingerprint density at radius 3 is 2.55 bits per heavy atom. The van der Waals surface area contributed by atoms with Crippen molar-refractivity contribution in [2.45, 2.75) is 44.6 Å². The number of esters is 1. The van der Waals surface area contributed by atoms with Crippen LogP contribution >= 0.6 is 0 Å². The molecule has 2 atom stereocenters. The number of nitrogens with zero attached hydrogens (tertiary/aromatic N) is 1. The summed E-state index contributed by atoms with van der Waals surface area (Å²) in [6.07, 6.45) is 3.40. The van der Waals surface area contributed by atoms with Gasteiger partial charge in [-0.3, -0.25) is 0 Å². The lowest BCUT2D eigenvalue weighted by atomic mass is 10.00. The number of carbonyl (C=O) groups is 1. The van der Waals surface area contributed by atoms with Crippen molar-refractivity contribution >= 4 is 28.6 Å². The summed E-state index contributed by atoms with van der Waals surface area (Å²) in [5, 5.41) is 0. The van der Waals surface area contributed by atoms with Gasteiger partial charge in [0.05, 0.1) is 30.3 Å². The van der Waals surface area contributed by atoms with Gasteiger partial charge in [-0.15, -0.1) is 6.58 Å². The molecule has 0 unspecified atom stereocenters. The normalized spacial score (nSPS) is 16.8. The first-order valence-electron chi connectivity index (χ1n) is 10.3. The van der Waals surface area contributed by atoms with Crippen molar-refractivity contribution in [2.75, 3.05) is 10.9 Å². The van der Waals surface area contributed by atoms with Gasteiger partial charge in [0.1, 0.15) is 11.0 Å². The number of benzene rings is 2. The minimum Gasteiger partial charge on any atom is -0.592 e. The number of para-hydroxylation sites is 1. The van der Waals surface area contributed by atoms with E-state index in [1.54, 1.807) is 10.4 Å². The van der Waals surface area contributed by atoms with Crippen LogP contribution in [0.1, 0.15) is 38.3 Å². The first-order valence-corrected chi connectivity index (χ1v) is 11.4. The topological polar surface area (TPSA) is 61.8 Å². The van der Waals surface area contributed by atoms with E-state index in [0.29, 0.717) is 25.3 Å². The fraction of sp³-hybridized carbons (Fsp3) is 0.320. The van der Waals surface area contributed by atoms with Crippen LogP contribution in [0.15, 0.2) is 73.5 Å². The number of carbonyl (C=O) groups excluding carboxylic acids is 1. The molecule has 31 heavy (non-hydrogen) atoms. The van der Waals surface area contributed by atoms with Crippen LogP contribution in [-0.2, 0) is 32.2 Å². The second kappa shape index (κ2) is 10.2. The summed E-state index contributed by atoms with van der Waals surface area (Å²) in [6, 6.07) is 16.4. The molecule has 0 saturated carbocycles. The SMILES string of the molecule is C=CC[C@H](C(=O)O/C=C1/COCc2ccccc21)N(c1ccccc1)[S@+]([O-])C(C)(C)C. The zero-order valence-corrected chi connectivity index (χ0v) is 19.1. The molecular formula is C25H29NO4S. The van der Waals surface area contributed by atoms with Gasteiger partial charge in [-0.05, 0) is 44.0 Å². The van der Waals surface area contributed by atoms with E-state index in [4.69, 9.17) is 9.47 Å². The standard InChI is InChI=1S/C25H29NO4S/c1-5-11-23(26(31(28)25(2,3)4)21-13-7-6-8-14-21)24(27)30-18-20-17-29-16-19-12-9-10-15-22(19)20/h5-10,12-15,18,23H,1,11,16-17H2,2-4H3/b20-18-/t23-,31-/m1/s1. The van der Waals surface area contributed by atoms with E-state index < -0.39 is 28.1 Å². The highest BCUT2D eigenvalue weighted by atomic mass is 32.2. The molecule has 0 radical (unpaired) electrons. The lowest BCUT2D eigenvalue weighted by Crippen LogP contribution is -2.51. The number of fused-ring (bicyclic) bond motifs is 1. The fourth-order valence-corrected chi connectivity index (χ4v) is 4.63. The molecule has 2 aromatic rings. The number of hydrogen-bond donors (Lipinski definition) is 0. The summed E-state index contributed by atoms with van der Waals surface area (Å²) in [7, 11) is 0. The van der Waals surface area contributed by atoms with Gasteiger partial charge in [0.15, 0.2) is 6.04 Å². The van der Waals surface area contributed by atoms with E-state index >= 15 is 0 Å². The second-order valence-corrected chi connectivity index (χ2v) is 10.4.